The first-order valence-corrected chi connectivity index (χ1v) is 6.00. The van der Waals surface area contributed by atoms with Crippen LogP contribution in [0.25, 0.3) is 0 Å². The molecular formula is C12H24N2O2. The van der Waals surface area contributed by atoms with Crippen LogP contribution >= 0.6 is 0 Å². The maximum atomic E-state index is 11.1. The van der Waals surface area contributed by atoms with Gasteiger partial charge in [0.15, 0.2) is 0 Å². The lowest BCUT2D eigenvalue weighted by Gasteiger charge is -2.38. The summed E-state index contributed by atoms with van der Waals surface area (Å²) < 4.78 is 4.61. The maximum absolute atomic E-state index is 11.1. The Labute approximate surface area is 98.1 Å². The van der Waals surface area contributed by atoms with Gasteiger partial charge in [-0.2, -0.15) is 0 Å². The van der Waals surface area contributed by atoms with Crippen molar-refractivity contribution in [2.24, 2.45) is 11.1 Å². The second-order valence-electron chi connectivity index (χ2n) is 5.46. The lowest BCUT2D eigenvalue weighted by atomic mass is 9.84. The minimum atomic E-state index is -0.477. The van der Waals surface area contributed by atoms with E-state index in [0.717, 1.165) is 19.6 Å². The van der Waals surface area contributed by atoms with Crippen molar-refractivity contribution in [2.45, 2.75) is 39.2 Å². The molecule has 1 atom stereocenters. The molecule has 0 aromatic rings. The van der Waals surface area contributed by atoms with Gasteiger partial charge in [0.1, 0.15) is 6.04 Å². The third-order valence-corrected chi connectivity index (χ3v) is 3.24. The molecule has 0 radical (unpaired) electrons. The number of likely N-dealkylation sites (tertiary alicyclic amines) is 1. The summed E-state index contributed by atoms with van der Waals surface area (Å²) in [5.41, 5.74) is 6.11. The van der Waals surface area contributed by atoms with E-state index in [-0.39, 0.29) is 5.97 Å². The summed E-state index contributed by atoms with van der Waals surface area (Å²) in [5, 5.41) is 0. The van der Waals surface area contributed by atoms with Gasteiger partial charge in [-0.05, 0) is 31.2 Å². The quantitative estimate of drug-likeness (QED) is 0.729. The van der Waals surface area contributed by atoms with Crippen LogP contribution in [-0.2, 0) is 9.53 Å². The molecule has 0 amide bonds. The molecule has 0 aromatic heterocycles. The van der Waals surface area contributed by atoms with Gasteiger partial charge >= 0.3 is 5.97 Å². The normalized spacial score (nSPS) is 22.8. The Balaban J connectivity index is 2.30. The molecule has 1 heterocycles. The fourth-order valence-electron chi connectivity index (χ4n) is 2.33. The van der Waals surface area contributed by atoms with E-state index in [0.29, 0.717) is 11.8 Å². The van der Waals surface area contributed by atoms with Gasteiger partial charge in [0.25, 0.3) is 0 Å². The van der Waals surface area contributed by atoms with Crippen LogP contribution in [0.1, 0.15) is 33.1 Å². The van der Waals surface area contributed by atoms with Crippen LogP contribution in [0.4, 0.5) is 0 Å². The number of esters is 1. The second kappa shape index (κ2) is 5.64. The topological polar surface area (TPSA) is 55.6 Å². The number of carbonyl (C=O) groups excluding carboxylic acids is 1. The largest absolute Gasteiger partial charge is 0.468 e. The van der Waals surface area contributed by atoms with Gasteiger partial charge in [-0.25, -0.2) is 0 Å². The highest BCUT2D eigenvalue weighted by atomic mass is 16.5. The predicted octanol–water partition coefficient (Wildman–Crippen LogP) is 0.999. The van der Waals surface area contributed by atoms with Crippen molar-refractivity contribution >= 4 is 5.97 Å². The number of ether oxygens (including phenoxy) is 1. The van der Waals surface area contributed by atoms with Crippen LogP contribution in [-0.4, -0.2) is 43.7 Å². The molecule has 1 aliphatic rings. The zero-order chi connectivity index (χ0) is 12.2. The van der Waals surface area contributed by atoms with Crippen molar-refractivity contribution < 1.29 is 9.53 Å². The maximum Gasteiger partial charge on any atom is 0.322 e. The Kier molecular flexibility index (Phi) is 4.74. The van der Waals surface area contributed by atoms with E-state index in [2.05, 4.69) is 23.5 Å². The van der Waals surface area contributed by atoms with Crippen molar-refractivity contribution in [1.29, 1.82) is 0 Å². The Morgan fingerprint density at radius 2 is 2.25 bits per heavy atom. The highest BCUT2D eigenvalue weighted by Gasteiger charge is 2.26. The van der Waals surface area contributed by atoms with Crippen LogP contribution in [0.15, 0.2) is 0 Å². The van der Waals surface area contributed by atoms with Crippen LogP contribution < -0.4 is 5.73 Å². The van der Waals surface area contributed by atoms with Crippen LogP contribution in [0.3, 0.4) is 0 Å². The van der Waals surface area contributed by atoms with Gasteiger partial charge in [-0.1, -0.05) is 13.8 Å². The van der Waals surface area contributed by atoms with Crippen molar-refractivity contribution in [3.05, 3.63) is 0 Å². The molecule has 0 aromatic carbocycles. The van der Waals surface area contributed by atoms with Gasteiger partial charge in [0.2, 0.25) is 0 Å². The minimum Gasteiger partial charge on any atom is -0.468 e. The summed E-state index contributed by atoms with van der Waals surface area (Å²) >= 11 is 0. The van der Waals surface area contributed by atoms with E-state index in [1.165, 1.54) is 20.0 Å². The molecule has 1 fully saturated rings. The van der Waals surface area contributed by atoms with Crippen LogP contribution in [0, 0.1) is 5.41 Å². The lowest BCUT2D eigenvalue weighted by Crippen LogP contribution is -2.43. The van der Waals surface area contributed by atoms with Gasteiger partial charge in [-0.3, -0.25) is 4.79 Å². The first-order valence-electron chi connectivity index (χ1n) is 6.00. The molecule has 0 saturated carbocycles. The van der Waals surface area contributed by atoms with Gasteiger partial charge in [0.05, 0.1) is 7.11 Å². The number of methoxy groups -OCH3 is 1. The number of rotatable bonds is 4. The van der Waals surface area contributed by atoms with Crippen molar-refractivity contribution in [3.8, 4) is 0 Å². The predicted molar refractivity (Wildman–Crippen MR) is 64.1 cm³/mol. The fourth-order valence-corrected chi connectivity index (χ4v) is 2.33. The molecule has 4 nitrogen and oxygen atoms in total. The van der Waals surface area contributed by atoms with Crippen LogP contribution in [0.5, 0.6) is 0 Å². The van der Waals surface area contributed by atoms with E-state index in [9.17, 15) is 4.79 Å². The Morgan fingerprint density at radius 3 is 2.81 bits per heavy atom. The van der Waals surface area contributed by atoms with Crippen molar-refractivity contribution in [1.82, 2.24) is 4.90 Å². The lowest BCUT2D eigenvalue weighted by molar-refractivity contribution is -0.142. The second-order valence-corrected chi connectivity index (χ2v) is 5.46. The van der Waals surface area contributed by atoms with E-state index in [4.69, 9.17) is 5.73 Å². The van der Waals surface area contributed by atoms with Crippen molar-refractivity contribution in [2.75, 3.05) is 26.7 Å². The molecule has 1 rings (SSSR count). The first kappa shape index (κ1) is 13.5. The smallest absolute Gasteiger partial charge is 0.322 e. The standard InChI is InChI=1S/C12H24N2O2/c1-12(2)6-4-7-14(9-12)8-5-10(13)11(15)16-3/h10H,4-9,13H2,1-3H3. The van der Waals surface area contributed by atoms with Gasteiger partial charge in [-0.15, -0.1) is 0 Å². The average molecular weight is 228 g/mol. The molecule has 94 valence electrons. The first-order chi connectivity index (χ1) is 7.44. The summed E-state index contributed by atoms with van der Waals surface area (Å²) in [7, 11) is 1.38. The summed E-state index contributed by atoms with van der Waals surface area (Å²) in [6, 6.07) is -0.477. The zero-order valence-electron chi connectivity index (χ0n) is 10.7. The molecule has 0 aliphatic carbocycles. The zero-order valence-corrected chi connectivity index (χ0v) is 10.7. The Hall–Kier alpha value is -0.610. The van der Waals surface area contributed by atoms with Crippen LogP contribution in [0.2, 0.25) is 0 Å². The number of hydrogen-bond acceptors (Lipinski definition) is 4. The third-order valence-electron chi connectivity index (χ3n) is 3.24. The Bertz CT molecular complexity index is 241. The molecule has 16 heavy (non-hydrogen) atoms. The fraction of sp³-hybridized carbons (Fsp3) is 0.917. The summed E-state index contributed by atoms with van der Waals surface area (Å²) in [4.78, 5) is 13.5. The average Bonchev–Trinajstić information content (AvgIpc) is 2.23. The number of nitrogens with zero attached hydrogens (tertiary/aromatic N) is 1. The van der Waals surface area contributed by atoms with Crippen molar-refractivity contribution in [3.63, 3.8) is 0 Å². The summed E-state index contributed by atoms with van der Waals surface area (Å²) in [5.74, 6) is -0.309. The third kappa shape index (κ3) is 4.10. The molecule has 2 N–H and O–H groups in total. The number of carbonyl (C=O) groups is 1. The highest BCUT2D eigenvalue weighted by molar-refractivity contribution is 5.75. The van der Waals surface area contributed by atoms with E-state index in [1.54, 1.807) is 0 Å². The molecule has 0 spiro atoms. The molecule has 1 saturated heterocycles. The molecule has 0 bridgehead atoms. The molecule has 1 aliphatic heterocycles. The SMILES string of the molecule is COC(=O)C(N)CCN1CCCC(C)(C)C1. The molecular weight excluding hydrogens is 204 g/mol. The van der Waals surface area contributed by atoms with Gasteiger partial charge in [0, 0.05) is 13.1 Å². The van der Waals surface area contributed by atoms with E-state index < -0.39 is 6.04 Å². The minimum absolute atomic E-state index is 0.309. The summed E-state index contributed by atoms with van der Waals surface area (Å²) in [6.45, 7) is 7.69. The number of nitrogens with two attached hydrogens (primary N) is 1. The molecule has 1 unspecified atom stereocenters. The number of piperidine rings is 1. The van der Waals surface area contributed by atoms with E-state index >= 15 is 0 Å². The Morgan fingerprint density at radius 1 is 1.56 bits per heavy atom. The molecule has 4 heteroatoms. The highest BCUT2D eigenvalue weighted by Crippen LogP contribution is 2.28. The number of hydrogen-bond donors (Lipinski definition) is 1. The summed E-state index contributed by atoms with van der Waals surface area (Å²) in [6.07, 6.45) is 3.20. The monoisotopic (exact) mass is 228 g/mol. The van der Waals surface area contributed by atoms with Gasteiger partial charge < -0.3 is 15.4 Å². The van der Waals surface area contributed by atoms with E-state index in [1.807, 2.05) is 0 Å².